The monoisotopic (exact) mass is 649 g/mol. The fraction of sp³-hybridized carbons (Fsp3) is 0.267. The van der Waals surface area contributed by atoms with Crippen molar-refractivity contribution in [1.29, 1.82) is 0 Å². The van der Waals surface area contributed by atoms with Crippen molar-refractivity contribution in [3.8, 4) is 0 Å². The van der Waals surface area contributed by atoms with Crippen molar-refractivity contribution in [3.05, 3.63) is 40.6 Å². The van der Waals surface area contributed by atoms with Gasteiger partial charge in [-0.2, -0.15) is 0 Å². The lowest BCUT2D eigenvalue weighted by atomic mass is 9.85. The molecule has 5 nitrogen and oxygen atoms in total. The lowest BCUT2D eigenvalue weighted by Gasteiger charge is -2.15. The molecule has 2 unspecified atom stereocenters. The largest absolute Gasteiger partial charge is 0.366 e. The molecule has 0 aromatic heterocycles. The maximum atomic E-state index is 12.5. The van der Waals surface area contributed by atoms with Crippen molar-refractivity contribution in [3.63, 3.8) is 0 Å². The van der Waals surface area contributed by atoms with Gasteiger partial charge in [-0.1, -0.05) is 12.2 Å². The Morgan fingerprint density at radius 3 is 2.09 bits per heavy atom. The van der Waals surface area contributed by atoms with Gasteiger partial charge in [0.15, 0.2) is 0 Å². The molecule has 23 heavy (non-hydrogen) atoms. The number of hydrogen-bond donors (Lipinski definition) is 0. The smallest absolute Gasteiger partial charge is 0.325 e. The third-order valence-electron chi connectivity index (χ3n) is 3.89. The van der Waals surface area contributed by atoms with Gasteiger partial charge in [-0.15, -0.1) is 5.06 Å². The maximum Gasteiger partial charge on any atom is 0.366 e. The van der Waals surface area contributed by atoms with Crippen molar-refractivity contribution in [1.82, 2.24) is 5.06 Å². The Bertz CT molecular complexity index is 720. The summed E-state index contributed by atoms with van der Waals surface area (Å²) >= 11 is 6.23. The summed E-state index contributed by atoms with van der Waals surface area (Å²) in [5.41, 5.74) is 0.381. The number of halogens is 3. The molecule has 1 heterocycles. The molecule has 2 atom stereocenters. The molecule has 1 fully saturated rings. The van der Waals surface area contributed by atoms with Crippen LogP contribution in [0.1, 0.15) is 23.2 Å². The molecule has 1 aromatic carbocycles. The van der Waals surface area contributed by atoms with Gasteiger partial charge in [0.1, 0.15) is 0 Å². The molecule has 3 rings (SSSR count). The molecule has 1 aromatic rings. The summed E-state index contributed by atoms with van der Waals surface area (Å²) in [7, 11) is 0. The van der Waals surface area contributed by atoms with Gasteiger partial charge < -0.3 is 4.84 Å². The number of benzene rings is 1. The van der Waals surface area contributed by atoms with Crippen LogP contribution in [0.25, 0.3) is 0 Å². The van der Waals surface area contributed by atoms with E-state index in [9.17, 15) is 14.4 Å². The molecule has 2 amide bonds. The molecular weight excluding hydrogens is 639 g/mol. The highest BCUT2D eigenvalue weighted by Gasteiger charge is 2.49. The number of imide groups is 1. The second-order valence-electron chi connectivity index (χ2n) is 5.22. The summed E-state index contributed by atoms with van der Waals surface area (Å²) in [6.45, 7) is 0. The number of fused-ring (bicyclic) bond motifs is 1. The third kappa shape index (κ3) is 3.17. The van der Waals surface area contributed by atoms with Crippen LogP contribution in [-0.2, 0) is 14.4 Å². The Hall–Kier alpha value is -0.240. The third-order valence-corrected chi connectivity index (χ3v) is 7.84. The Balaban J connectivity index is 1.86. The molecule has 1 aliphatic carbocycles. The topological polar surface area (TPSA) is 63.7 Å². The molecular formula is C15H10I3NO4. The van der Waals surface area contributed by atoms with Crippen molar-refractivity contribution in [2.75, 3.05) is 0 Å². The zero-order chi connectivity index (χ0) is 16.7. The minimum atomic E-state index is -0.675. The van der Waals surface area contributed by atoms with Crippen LogP contribution in [0.15, 0.2) is 24.3 Å². The van der Waals surface area contributed by atoms with Crippen molar-refractivity contribution >= 4 is 85.6 Å². The normalized spacial score (nSPS) is 23.2. The molecule has 1 aliphatic heterocycles. The van der Waals surface area contributed by atoms with Crippen molar-refractivity contribution in [2.24, 2.45) is 11.8 Å². The van der Waals surface area contributed by atoms with E-state index in [1.165, 1.54) is 0 Å². The number of carbonyl (C=O) groups is 3. The number of nitrogens with zero attached hydrogens (tertiary/aromatic N) is 1. The molecule has 0 spiro atoms. The number of carbonyl (C=O) groups excluding carboxylic acids is 3. The van der Waals surface area contributed by atoms with E-state index in [0.717, 1.165) is 10.7 Å². The van der Waals surface area contributed by atoms with Gasteiger partial charge in [0.05, 0.1) is 17.4 Å². The Kier molecular flexibility index (Phi) is 5.30. The van der Waals surface area contributed by atoms with Gasteiger partial charge in [0, 0.05) is 10.7 Å². The highest BCUT2D eigenvalue weighted by molar-refractivity contribution is 14.1. The van der Waals surface area contributed by atoms with E-state index >= 15 is 0 Å². The fourth-order valence-electron chi connectivity index (χ4n) is 2.70. The number of allylic oxidation sites excluding steroid dienone is 2. The average Bonchev–Trinajstić information content (AvgIpc) is 2.77. The van der Waals surface area contributed by atoms with E-state index in [1.54, 1.807) is 6.07 Å². The van der Waals surface area contributed by atoms with Gasteiger partial charge in [0.2, 0.25) is 0 Å². The summed E-state index contributed by atoms with van der Waals surface area (Å²) in [4.78, 5) is 42.4. The van der Waals surface area contributed by atoms with Gasteiger partial charge in [-0.05, 0) is 92.7 Å². The molecule has 0 radical (unpaired) electrons. The first-order chi connectivity index (χ1) is 10.9. The molecule has 0 bridgehead atoms. The molecule has 0 saturated carbocycles. The van der Waals surface area contributed by atoms with Crippen LogP contribution in [0.4, 0.5) is 0 Å². The zero-order valence-corrected chi connectivity index (χ0v) is 18.1. The molecule has 120 valence electrons. The first kappa shape index (κ1) is 17.6. The van der Waals surface area contributed by atoms with Crippen molar-refractivity contribution < 1.29 is 19.2 Å². The van der Waals surface area contributed by atoms with Gasteiger partial charge in [0.25, 0.3) is 11.8 Å². The number of amides is 2. The fourth-order valence-corrected chi connectivity index (χ4v) is 5.03. The Morgan fingerprint density at radius 2 is 1.52 bits per heavy atom. The average molecular weight is 649 g/mol. The lowest BCUT2D eigenvalue weighted by molar-refractivity contribution is -0.174. The minimum Gasteiger partial charge on any atom is -0.325 e. The van der Waals surface area contributed by atoms with Crippen LogP contribution in [-0.4, -0.2) is 22.8 Å². The summed E-state index contributed by atoms with van der Waals surface area (Å²) in [6.07, 6.45) is 4.81. The van der Waals surface area contributed by atoms with E-state index in [0.29, 0.717) is 23.5 Å². The van der Waals surface area contributed by atoms with Gasteiger partial charge >= 0.3 is 5.97 Å². The number of hydroxylamine groups is 2. The molecule has 0 N–H and O–H groups in total. The SMILES string of the molecule is O=C(ON1C(=O)C2CC=CCC2C1=O)c1c(I)ccc(I)c1I. The highest BCUT2D eigenvalue weighted by Crippen LogP contribution is 2.35. The quantitative estimate of drug-likeness (QED) is 0.213. The predicted molar refractivity (Wildman–Crippen MR) is 107 cm³/mol. The van der Waals surface area contributed by atoms with Gasteiger partial charge in [-0.3, -0.25) is 9.59 Å². The standard InChI is InChI=1S/C15H10I3NO4/c16-9-5-6-10(17)12(18)11(9)15(22)23-19-13(20)7-3-1-2-4-8(7)14(19)21/h1-2,5-8H,3-4H2. The van der Waals surface area contributed by atoms with Crippen LogP contribution in [0.3, 0.4) is 0 Å². The summed E-state index contributed by atoms with van der Waals surface area (Å²) in [6, 6.07) is 3.70. The summed E-state index contributed by atoms with van der Waals surface area (Å²) in [5, 5.41) is 0.663. The van der Waals surface area contributed by atoms with Gasteiger partial charge in [-0.25, -0.2) is 4.79 Å². The van der Waals surface area contributed by atoms with Crippen LogP contribution in [0.2, 0.25) is 0 Å². The lowest BCUT2D eigenvalue weighted by Crippen LogP contribution is -2.34. The Morgan fingerprint density at radius 1 is 1.00 bits per heavy atom. The van der Waals surface area contributed by atoms with Crippen LogP contribution >= 0.6 is 67.8 Å². The minimum absolute atomic E-state index is 0.381. The second-order valence-corrected chi connectivity index (χ2v) is 8.63. The van der Waals surface area contributed by atoms with Crippen LogP contribution < -0.4 is 0 Å². The second kappa shape index (κ2) is 6.94. The van der Waals surface area contributed by atoms with E-state index in [1.807, 2.05) is 40.8 Å². The Labute approximate surface area is 173 Å². The van der Waals surface area contributed by atoms with Crippen molar-refractivity contribution in [2.45, 2.75) is 12.8 Å². The highest BCUT2D eigenvalue weighted by atomic mass is 127. The number of rotatable bonds is 2. The summed E-state index contributed by atoms with van der Waals surface area (Å²) in [5.74, 6) is -2.34. The van der Waals surface area contributed by atoms with Crippen LogP contribution in [0, 0.1) is 22.5 Å². The molecule has 1 saturated heterocycles. The summed E-state index contributed by atoms with van der Waals surface area (Å²) < 4.78 is 2.38. The van der Waals surface area contributed by atoms with E-state index in [-0.39, 0.29) is 0 Å². The number of hydrogen-bond acceptors (Lipinski definition) is 4. The first-order valence-electron chi connectivity index (χ1n) is 6.80. The van der Waals surface area contributed by atoms with E-state index in [2.05, 4.69) is 45.2 Å². The van der Waals surface area contributed by atoms with E-state index < -0.39 is 29.6 Å². The first-order valence-corrected chi connectivity index (χ1v) is 10.0. The maximum absolute atomic E-state index is 12.5. The van der Waals surface area contributed by atoms with E-state index in [4.69, 9.17) is 4.84 Å². The zero-order valence-electron chi connectivity index (χ0n) is 11.6. The molecule has 8 heteroatoms. The predicted octanol–water partition coefficient (Wildman–Crippen LogP) is 3.52. The molecule has 2 aliphatic rings. The van der Waals surface area contributed by atoms with Crippen LogP contribution in [0.5, 0.6) is 0 Å².